The van der Waals surface area contributed by atoms with Crippen molar-refractivity contribution >= 4 is 0 Å². The average molecular weight is 428 g/mol. The first-order valence-electron chi connectivity index (χ1n) is 7.46. The minimum Gasteiger partial charge on any atom is -0.412 e. The van der Waals surface area contributed by atoms with Crippen LogP contribution in [0.15, 0.2) is 0 Å². The van der Waals surface area contributed by atoms with Crippen LogP contribution in [0.2, 0.25) is 0 Å². The summed E-state index contributed by atoms with van der Waals surface area (Å²) in [6, 6.07) is 0. The molecule has 0 aliphatic carbocycles. The molecule has 174 valence electrons. The molecule has 0 radical (unpaired) electrons. The molecule has 2 rings (SSSR count). The fourth-order valence-corrected chi connectivity index (χ4v) is 2.75. The topological polar surface area (TPSA) is 305 Å². The molecule has 2 heterocycles. The highest BCUT2D eigenvalue weighted by molar-refractivity contribution is 4.93. The molecule has 0 aromatic rings. The van der Waals surface area contributed by atoms with E-state index < -0.39 is 74.6 Å². The standard InChI is InChI=1S/C13H24O11.4H2O/c1-21-12-10(20)8(18)11(5(3-15)23-12)24-13-9(19)7(17)6(16)4(2-14)22-13;;;;/h4-20H,2-3H2,1H3;4*1H2/t4-,5-,6+,7+,8+,9-,10-,11-,12-,13+;;;;/m1..../s1. The second kappa shape index (κ2) is 13.6. The zero-order chi connectivity index (χ0) is 18.0. The van der Waals surface area contributed by atoms with E-state index >= 15 is 0 Å². The van der Waals surface area contributed by atoms with Gasteiger partial charge in [-0.3, -0.25) is 0 Å². The lowest BCUT2D eigenvalue weighted by molar-refractivity contribution is -0.357. The maximum Gasteiger partial charge on any atom is 0.187 e. The van der Waals surface area contributed by atoms with Crippen molar-refractivity contribution in [2.24, 2.45) is 0 Å². The SMILES string of the molecule is CO[C@@H]1O[C@H](CO)[C@@H](O[C@@H]2O[C@H](CO)[C@H](O)[C@H](O)[C@H]2O)[C@@H](O)[C@H]1O.O.O.O.O. The molecule has 0 bridgehead atoms. The molecular weight excluding hydrogens is 396 g/mol. The van der Waals surface area contributed by atoms with Crippen LogP contribution in [0.3, 0.4) is 0 Å². The summed E-state index contributed by atoms with van der Waals surface area (Å²) in [6.07, 6.45) is -14.3. The number of aliphatic hydroxyl groups is 7. The molecular formula is C13H32O15. The average Bonchev–Trinajstić information content (AvgIpc) is 2.59. The number of ether oxygens (including phenoxy) is 4. The van der Waals surface area contributed by atoms with Crippen molar-refractivity contribution < 1.29 is 76.6 Å². The van der Waals surface area contributed by atoms with E-state index in [2.05, 4.69) is 0 Å². The summed E-state index contributed by atoms with van der Waals surface area (Å²) < 4.78 is 20.6. The zero-order valence-corrected chi connectivity index (χ0v) is 15.0. The predicted octanol–water partition coefficient (Wildman–Crippen LogP) is -8.04. The van der Waals surface area contributed by atoms with E-state index in [4.69, 9.17) is 24.1 Å². The Labute approximate surface area is 159 Å². The van der Waals surface area contributed by atoms with Crippen molar-refractivity contribution in [2.75, 3.05) is 20.3 Å². The van der Waals surface area contributed by atoms with Crippen LogP contribution in [0.1, 0.15) is 0 Å². The van der Waals surface area contributed by atoms with Crippen LogP contribution in [0.25, 0.3) is 0 Å². The fraction of sp³-hybridized carbons (Fsp3) is 1.00. The number of hydrogen-bond donors (Lipinski definition) is 7. The van der Waals surface area contributed by atoms with Gasteiger partial charge in [-0.2, -0.15) is 0 Å². The van der Waals surface area contributed by atoms with Gasteiger partial charge in [-0.05, 0) is 0 Å². The number of aliphatic hydroxyl groups excluding tert-OH is 7. The van der Waals surface area contributed by atoms with E-state index in [1.807, 2.05) is 0 Å². The van der Waals surface area contributed by atoms with Gasteiger partial charge in [-0.25, -0.2) is 0 Å². The third-order valence-electron chi connectivity index (χ3n) is 4.19. The predicted molar refractivity (Wildman–Crippen MR) is 87.9 cm³/mol. The maximum atomic E-state index is 10.2. The minimum atomic E-state index is -1.69. The summed E-state index contributed by atoms with van der Waals surface area (Å²) in [4.78, 5) is 0. The van der Waals surface area contributed by atoms with E-state index in [0.717, 1.165) is 0 Å². The van der Waals surface area contributed by atoms with E-state index in [1.54, 1.807) is 0 Å². The Hall–Kier alpha value is -0.600. The van der Waals surface area contributed by atoms with Gasteiger partial charge in [0.15, 0.2) is 12.6 Å². The summed E-state index contributed by atoms with van der Waals surface area (Å²) in [6.45, 7) is -1.24. The molecule has 0 amide bonds. The van der Waals surface area contributed by atoms with Gasteiger partial charge in [-0.15, -0.1) is 0 Å². The lowest BCUT2D eigenvalue weighted by atomic mass is 9.97. The molecule has 28 heavy (non-hydrogen) atoms. The van der Waals surface area contributed by atoms with Crippen molar-refractivity contribution in [2.45, 2.75) is 61.4 Å². The van der Waals surface area contributed by atoms with Crippen LogP contribution in [0, 0.1) is 0 Å². The quantitative estimate of drug-likeness (QED) is 0.215. The van der Waals surface area contributed by atoms with Crippen LogP contribution in [0.5, 0.6) is 0 Å². The van der Waals surface area contributed by atoms with Crippen molar-refractivity contribution in [1.29, 1.82) is 0 Å². The number of hydrogen-bond acceptors (Lipinski definition) is 11. The van der Waals surface area contributed by atoms with E-state index in [-0.39, 0.29) is 21.9 Å². The first-order chi connectivity index (χ1) is 11.3. The van der Waals surface area contributed by atoms with Crippen molar-refractivity contribution in [1.82, 2.24) is 0 Å². The van der Waals surface area contributed by atoms with Gasteiger partial charge >= 0.3 is 0 Å². The number of rotatable bonds is 5. The monoisotopic (exact) mass is 428 g/mol. The van der Waals surface area contributed by atoms with E-state index in [1.165, 1.54) is 7.11 Å². The Morgan fingerprint density at radius 1 is 0.643 bits per heavy atom. The minimum absolute atomic E-state index is 0. The van der Waals surface area contributed by atoms with Crippen molar-refractivity contribution in [3.63, 3.8) is 0 Å². The largest absolute Gasteiger partial charge is 0.412 e. The smallest absolute Gasteiger partial charge is 0.187 e. The molecule has 0 spiro atoms. The van der Waals surface area contributed by atoms with E-state index in [9.17, 15) is 30.6 Å². The normalized spacial score (nSPS) is 42.9. The second-order valence-corrected chi connectivity index (χ2v) is 5.74. The summed E-state index contributed by atoms with van der Waals surface area (Å²) in [5.41, 5.74) is 0. The van der Waals surface area contributed by atoms with Gasteiger partial charge < -0.3 is 76.6 Å². The van der Waals surface area contributed by atoms with Crippen LogP contribution < -0.4 is 0 Å². The van der Waals surface area contributed by atoms with Crippen LogP contribution in [-0.2, 0) is 18.9 Å². The molecule has 0 unspecified atom stereocenters. The van der Waals surface area contributed by atoms with Gasteiger partial charge in [0, 0.05) is 7.11 Å². The fourth-order valence-electron chi connectivity index (χ4n) is 2.75. The summed E-state index contributed by atoms with van der Waals surface area (Å²) in [5, 5.41) is 68.0. The molecule has 15 heteroatoms. The third kappa shape index (κ3) is 6.20. The van der Waals surface area contributed by atoms with Gasteiger partial charge in [-0.1, -0.05) is 0 Å². The Bertz CT molecular complexity index is 396. The highest BCUT2D eigenvalue weighted by Crippen LogP contribution is 2.29. The molecule has 2 fully saturated rings. The lowest BCUT2D eigenvalue weighted by Gasteiger charge is -2.45. The highest BCUT2D eigenvalue weighted by atomic mass is 16.7. The Morgan fingerprint density at radius 3 is 1.57 bits per heavy atom. The molecule has 0 aromatic carbocycles. The molecule has 10 atom stereocenters. The molecule has 2 aliphatic rings. The highest BCUT2D eigenvalue weighted by Gasteiger charge is 2.50. The Balaban J connectivity index is -0.00000156. The summed E-state index contributed by atoms with van der Waals surface area (Å²) >= 11 is 0. The van der Waals surface area contributed by atoms with Crippen molar-refractivity contribution in [3.05, 3.63) is 0 Å². The Morgan fingerprint density at radius 2 is 1.11 bits per heavy atom. The van der Waals surface area contributed by atoms with Crippen molar-refractivity contribution in [3.8, 4) is 0 Å². The molecule has 2 saturated heterocycles. The molecule has 0 saturated carbocycles. The molecule has 15 nitrogen and oxygen atoms in total. The number of methoxy groups -OCH3 is 1. The molecule has 15 N–H and O–H groups in total. The Kier molecular flexibility index (Phi) is 15.6. The summed E-state index contributed by atoms with van der Waals surface area (Å²) in [5.74, 6) is 0. The second-order valence-electron chi connectivity index (χ2n) is 5.74. The van der Waals surface area contributed by atoms with Crippen LogP contribution >= 0.6 is 0 Å². The van der Waals surface area contributed by atoms with Gasteiger partial charge in [0.25, 0.3) is 0 Å². The zero-order valence-electron chi connectivity index (χ0n) is 15.0. The lowest BCUT2D eigenvalue weighted by Crippen LogP contribution is -2.64. The third-order valence-corrected chi connectivity index (χ3v) is 4.19. The van der Waals surface area contributed by atoms with Crippen LogP contribution in [0.4, 0.5) is 0 Å². The van der Waals surface area contributed by atoms with Crippen LogP contribution in [-0.4, -0.2) is 139 Å². The van der Waals surface area contributed by atoms with Gasteiger partial charge in [0.05, 0.1) is 13.2 Å². The first-order valence-corrected chi connectivity index (χ1v) is 7.46. The van der Waals surface area contributed by atoms with Gasteiger partial charge in [0.2, 0.25) is 0 Å². The molecule has 2 aliphatic heterocycles. The van der Waals surface area contributed by atoms with Gasteiger partial charge in [0.1, 0.15) is 48.8 Å². The maximum absolute atomic E-state index is 10.2. The first kappa shape index (κ1) is 32.1. The molecule has 0 aromatic heterocycles. The summed E-state index contributed by atoms with van der Waals surface area (Å²) in [7, 11) is 1.24. The van der Waals surface area contributed by atoms with E-state index in [0.29, 0.717) is 0 Å².